The maximum absolute atomic E-state index is 12.9. The van der Waals surface area contributed by atoms with Gasteiger partial charge in [0.2, 0.25) is 5.96 Å². The van der Waals surface area contributed by atoms with Gasteiger partial charge in [0.1, 0.15) is 6.61 Å². The van der Waals surface area contributed by atoms with Crippen LogP contribution in [0.25, 0.3) is 0 Å². The number of allylic oxidation sites excluding steroid dienone is 10. The quantitative estimate of drug-likeness (QED) is 0.0467. The molecule has 1 atom stereocenters. The molecule has 0 fully saturated rings. The number of amides is 1. The Morgan fingerprint density at radius 3 is 2.02 bits per heavy atom. The van der Waals surface area contributed by atoms with Crippen LogP contribution in [0.5, 0.6) is 0 Å². The Hall–Kier alpha value is -5.33. The van der Waals surface area contributed by atoms with Crippen molar-refractivity contribution in [3.8, 4) is 0 Å². The third kappa shape index (κ3) is 26.2. The molecule has 0 bridgehead atoms. The molecule has 0 aliphatic carbocycles. The summed E-state index contributed by atoms with van der Waals surface area (Å²) >= 11 is 0. The predicted molar refractivity (Wildman–Crippen MR) is 208 cm³/mol. The number of amidine groups is 1. The normalized spacial score (nSPS) is 12.6. The summed E-state index contributed by atoms with van der Waals surface area (Å²) in [5, 5.41) is 20.3. The van der Waals surface area contributed by atoms with E-state index >= 15 is 0 Å². The van der Waals surface area contributed by atoms with E-state index in [2.05, 4.69) is 76.9 Å². The van der Waals surface area contributed by atoms with Crippen LogP contribution in [0.2, 0.25) is 0 Å². The molecule has 0 saturated carbocycles. The van der Waals surface area contributed by atoms with Crippen LogP contribution in [0.1, 0.15) is 95.8 Å². The first-order valence-corrected chi connectivity index (χ1v) is 17.8. The van der Waals surface area contributed by atoms with E-state index < -0.39 is 41.8 Å². The summed E-state index contributed by atoms with van der Waals surface area (Å²) in [5.74, 6) is -2.66. The SMILES string of the molecule is CC(N)=NC(=N)N(C)C.CC/C=C\C/C=C\C/C=C\C/C=C\C/C=C\CCCC(=O)OCC(C)(C)[C@@H](OC(=O)c1cccnc1)C(=O)NCCC(=O)[O-]. The summed E-state index contributed by atoms with van der Waals surface area (Å²) in [6.45, 7) is 6.63. The highest BCUT2D eigenvalue weighted by Crippen LogP contribution is 2.26. The Morgan fingerprint density at radius 1 is 0.981 bits per heavy atom. The molecule has 0 unspecified atom stereocenters. The van der Waals surface area contributed by atoms with Crippen LogP contribution in [-0.2, 0) is 23.9 Å². The average Bonchev–Trinajstić information content (AvgIpc) is 3.11. The predicted octanol–water partition coefficient (Wildman–Crippen LogP) is 5.21. The number of nitrogens with one attached hydrogen (secondary N) is 2. The molecule has 1 amide bonds. The molecule has 13 nitrogen and oxygen atoms in total. The minimum Gasteiger partial charge on any atom is -0.550 e. The Kier molecular flexibility index (Phi) is 26.3. The molecular formula is C40H59N6O7-. The van der Waals surface area contributed by atoms with Crippen molar-refractivity contribution < 1.29 is 33.8 Å². The number of hydrogen-bond acceptors (Lipinski definition) is 9. The zero-order valence-electron chi connectivity index (χ0n) is 32.2. The molecule has 0 aliphatic rings. The number of ether oxygens (including phenoxy) is 2. The van der Waals surface area contributed by atoms with Gasteiger partial charge in [-0.2, -0.15) is 0 Å². The number of nitrogens with two attached hydrogens (primary N) is 1. The molecule has 0 spiro atoms. The second-order valence-corrected chi connectivity index (χ2v) is 12.7. The number of aliphatic imine (C=N–C) groups is 1. The molecule has 0 aromatic carbocycles. The van der Waals surface area contributed by atoms with Crippen LogP contribution in [-0.4, -0.2) is 78.8 Å². The van der Waals surface area contributed by atoms with Crippen molar-refractivity contribution in [2.24, 2.45) is 16.1 Å². The molecular weight excluding hydrogens is 676 g/mol. The van der Waals surface area contributed by atoms with Crippen molar-refractivity contribution in [3.63, 3.8) is 0 Å². The lowest BCUT2D eigenvalue weighted by Gasteiger charge is -2.32. The Balaban J connectivity index is 0.00000264. The van der Waals surface area contributed by atoms with Gasteiger partial charge < -0.3 is 35.3 Å². The third-order valence-electron chi connectivity index (χ3n) is 6.92. The summed E-state index contributed by atoms with van der Waals surface area (Å²) < 4.78 is 10.9. The van der Waals surface area contributed by atoms with Crippen LogP contribution >= 0.6 is 0 Å². The number of pyridine rings is 1. The highest BCUT2D eigenvalue weighted by molar-refractivity contribution is 5.93. The number of rotatable bonds is 22. The van der Waals surface area contributed by atoms with Gasteiger partial charge in [0.05, 0.1) is 11.4 Å². The molecule has 1 rings (SSSR count). The number of carboxylic acid groups (broad SMARTS) is 1. The standard InChI is InChI=1S/C35H48N2O7.C5H12N4/c1-4-5-6-7-8-9-10-11-12-13-14-15-16-17-18-19-20-23-31(40)43-28-35(2,3)32(33(41)37-26-24-30(38)39)44-34(42)29-22-21-25-36-27-29;1-4(6)8-5(7)9(2)3/h5-6,8-9,11-12,14-15,17-18,21-22,25,27,32H,4,7,10,13,16,19-20,23-24,26,28H2,1-3H3,(H,37,41)(H,38,39);1-3H3,(H3,6,7,8)/p-1/b6-5-,9-8-,12-11-,15-14-,18-17-;/t32-;/m0./s1. The Morgan fingerprint density at radius 2 is 1.55 bits per heavy atom. The van der Waals surface area contributed by atoms with E-state index in [9.17, 15) is 24.3 Å². The van der Waals surface area contributed by atoms with Gasteiger partial charge in [-0.3, -0.25) is 20.0 Å². The van der Waals surface area contributed by atoms with Crippen LogP contribution < -0.4 is 16.2 Å². The lowest BCUT2D eigenvalue weighted by Crippen LogP contribution is -2.49. The van der Waals surface area contributed by atoms with E-state index in [1.807, 2.05) is 6.08 Å². The molecule has 1 aromatic rings. The molecule has 0 aliphatic heterocycles. The molecule has 53 heavy (non-hydrogen) atoms. The van der Waals surface area contributed by atoms with Gasteiger partial charge in [0.15, 0.2) is 6.10 Å². The fourth-order valence-corrected chi connectivity index (χ4v) is 4.02. The van der Waals surface area contributed by atoms with Crippen molar-refractivity contribution in [2.45, 2.75) is 91.6 Å². The second-order valence-electron chi connectivity index (χ2n) is 12.7. The highest BCUT2D eigenvalue weighted by Gasteiger charge is 2.40. The number of carboxylic acids is 1. The average molecular weight is 736 g/mol. The summed E-state index contributed by atoms with van der Waals surface area (Å²) in [6, 6.07) is 3.04. The number of hydrogen-bond donors (Lipinski definition) is 3. The summed E-state index contributed by atoms with van der Waals surface area (Å²) in [4.78, 5) is 57.7. The van der Waals surface area contributed by atoms with E-state index in [1.165, 1.54) is 18.5 Å². The number of nitrogens with zero attached hydrogens (tertiary/aromatic N) is 3. The van der Waals surface area contributed by atoms with E-state index in [0.29, 0.717) is 12.3 Å². The molecule has 1 heterocycles. The van der Waals surface area contributed by atoms with Gasteiger partial charge >= 0.3 is 11.9 Å². The molecule has 1 aromatic heterocycles. The van der Waals surface area contributed by atoms with Gasteiger partial charge in [-0.1, -0.05) is 81.5 Å². The van der Waals surface area contributed by atoms with E-state index in [-0.39, 0.29) is 31.1 Å². The highest BCUT2D eigenvalue weighted by atomic mass is 16.6. The Labute approximate surface area is 315 Å². The number of carbonyl (C=O) groups excluding carboxylic acids is 4. The largest absolute Gasteiger partial charge is 0.550 e. The number of aromatic nitrogens is 1. The molecule has 0 radical (unpaired) electrons. The minimum absolute atomic E-state index is 0.142. The van der Waals surface area contributed by atoms with Crippen molar-refractivity contribution in [1.82, 2.24) is 15.2 Å². The fraction of sp³-hybridized carbons (Fsp3) is 0.475. The van der Waals surface area contributed by atoms with E-state index in [4.69, 9.17) is 20.6 Å². The summed E-state index contributed by atoms with van der Waals surface area (Å²) in [5.41, 5.74) is 4.25. The van der Waals surface area contributed by atoms with Crippen molar-refractivity contribution in [2.75, 3.05) is 27.2 Å². The molecule has 13 heteroatoms. The lowest BCUT2D eigenvalue weighted by atomic mass is 9.86. The Bertz CT molecular complexity index is 1430. The number of aliphatic carboxylic acids is 1. The third-order valence-corrected chi connectivity index (χ3v) is 6.92. The molecule has 4 N–H and O–H groups in total. The topological polar surface area (TPSA) is 200 Å². The zero-order chi connectivity index (χ0) is 39.9. The van der Waals surface area contributed by atoms with Gasteiger partial charge in [-0.25, -0.2) is 9.79 Å². The minimum atomic E-state index is -1.36. The second kappa shape index (κ2) is 29.3. The lowest BCUT2D eigenvalue weighted by molar-refractivity contribution is -0.305. The monoisotopic (exact) mass is 735 g/mol. The number of esters is 2. The van der Waals surface area contributed by atoms with Crippen LogP contribution in [0.4, 0.5) is 0 Å². The van der Waals surface area contributed by atoms with Gasteiger partial charge in [0, 0.05) is 57.3 Å². The summed E-state index contributed by atoms with van der Waals surface area (Å²) in [7, 11) is 3.49. The zero-order valence-corrected chi connectivity index (χ0v) is 32.2. The van der Waals surface area contributed by atoms with Gasteiger partial charge in [-0.15, -0.1) is 0 Å². The van der Waals surface area contributed by atoms with Crippen molar-refractivity contribution in [1.29, 1.82) is 5.41 Å². The maximum Gasteiger partial charge on any atom is 0.340 e. The molecule has 292 valence electrons. The first kappa shape index (κ1) is 47.7. The first-order valence-electron chi connectivity index (χ1n) is 17.8. The van der Waals surface area contributed by atoms with Crippen LogP contribution in [0.15, 0.2) is 90.3 Å². The number of unbranched alkanes of at least 4 members (excludes halogenated alkanes) is 1. The van der Waals surface area contributed by atoms with Crippen molar-refractivity contribution in [3.05, 3.63) is 90.9 Å². The fourth-order valence-electron chi connectivity index (χ4n) is 4.02. The number of carbonyl (C=O) groups is 4. The van der Waals surface area contributed by atoms with Crippen molar-refractivity contribution >= 4 is 35.6 Å². The van der Waals surface area contributed by atoms with E-state index in [0.717, 1.165) is 38.5 Å². The van der Waals surface area contributed by atoms with Crippen LogP contribution in [0, 0.1) is 10.8 Å². The van der Waals surface area contributed by atoms with Crippen LogP contribution in [0.3, 0.4) is 0 Å². The van der Waals surface area contributed by atoms with Gasteiger partial charge in [0.25, 0.3) is 5.91 Å². The van der Waals surface area contributed by atoms with E-state index in [1.54, 1.807) is 45.8 Å². The van der Waals surface area contributed by atoms with Gasteiger partial charge in [-0.05, 0) is 64.0 Å². The number of guanidine groups is 1. The first-order chi connectivity index (χ1) is 25.2. The molecule has 0 saturated heterocycles. The summed E-state index contributed by atoms with van der Waals surface area (Å²) in [6.07, 6.45) is 28.6. The smallest absolute Gasteiger partial charge is 0.340 e. The maximum atomic E-state index is 12.9.